The van der Waals surface area contributed by atoms with Gasteiger partial charge in [-0.25, -0.2) is 0 Å². The van der Waals surface area contributed by atoms with Gasteiger partial charge in [0.15, 0.2) is 0 Å². The Hall–Kier alpha value is -2.34. The summed E-state index contributed by atoms with van der Waals surface area (Å²) in [5.74, 6) is -0.0701. The molecule has 2 atom stereocenters. The van der Waals surface area contributed by atoms with E-state index in [1.165, 1.54) is 4.68 Å². The van der Waals surface area contributed by atoms with Crippen molar-refractivity contribution in [3.05, 3.63) is 40.6 Å². The summed E-state index contributed by atoms with van der Waals surface area (Å²) in [5, 5.41) is 18.0. The molecule has 6 heteroatoms. The SMILES string of the molecule is Cc1cccc2c1NCCC2C(=O)n1nc2c(c1N)[C@H](O)CCC2. The molecule has 6 nitrogen and oxygen atoms in total. The topological polar surface area (TPSA) is 93.2 Å². The molecule has 2 aromatic rings. The number of hydrogen-bond acceptors (Lipinski definition) is 5. The van der Waals surface area contributed by atoms with Gasteiger partial charge < -0.3 is 16.2 Å². The van der Waals surface area contributed by atoms with Crippen molar-refractivity contribution in [2.24, 2.45) is 0 Å². The third kappa shape index (κ3) is 2.21. The summed E-state index contributed by atoms with van der Waals surface area (Å²) in [4.78, 5) is 13.1. The molecular weight excluding hydrogens is 304 g/mol. The van der Waals surface area contributed by atoms with E-state index in [0.29, 0.717) is 24.2 Å². The van der Waals surface area contributed by atoms with Crippen LogP contribution in [0, 0.1) is 6.92 Å². The number of aryl methyl sites for hydroxylation is 2. The first-order valence-corrected chi connectivity index (χ1v) is 8.51. The molecule has 4 N–H and O–H groups in total. The Balaban J connectivity index is 1.75. The first-order valence-electron chi connectivity index (χ1n) is 8.51. The highest BCUT2D eigenvalue weighted by molar-refractivity contribution is 5.90. The minimum absolute atomic E-state index is 0.109. The van der Waals surface area contributed by atoms with Crippen molar-refractivity contribution in [3.8, 4) is 0 Å². The average molecular weight is 326 g/mol. The molecule has 0 saturated heterocycles. The van der Waals surface area contributed by atoms with E-state index < -0.39 is 6.10 Å². The van der Waals surface area contributed by atoms with E-state index in [4.69, 9.17) is 5.73 Å². The molecule has 0 saturated carbocycles. The number of rotatable bonds is 1. The number of nitrogens with zero attached hydrogens (tertiary/aromatic N) is 2. The molecule has 2 aliphatic rings. The van der Waals surface area contributed by atoms with E-state index in [2.05, 4.69) is 10.4 Å². The van der Waals surface area contributed by atoms with Gasteiger partial charge in [-0.3, -0.25) is 4.79 Å². The summed E-state index contributed by atoms with van der Waals surface area (Å²) in [5.41, 5.74) is 10.8. The summed E-state index contributed by atoms with van der Waals surface area (Å²) in [7, 11) is 0. The lowest BCUT2D eigenvalue weighted by Crippen LogP contribution is -2.28. The van der Waals surface area contributed by atoms with E-state index >= 15 is 0 Å². The number of hydrogen-bond donors (Lipinski definition) is 3. The molecule has 0 amide bonds. The second-order valence-corrected chi connectivity index (χ2v) is 6.71. The Bertz CT molecular complexity index is 812. The Labute approximate surface area is 140 Å². The molecule has 4 rings (SSSR count). The minimum atomic E-state index is -0.613. The van der Waals surface area contributed by atoms with Crippen LogP contribution in [0.5, 0.6) is 0 Å². The molecule has 0 bridgehead atoms. The van der Waals surface area contributed by atoms with E-state index in [-0.39, 0.29) is 11.8 Å². The number of carbonyl (C=O) groups is 1. The molecule has 1 unspecified atom stereocenters. The van der Waals surface area contributed by atoms with Gasteiger partial charge in [-0.05, 0) is 43.7 Å². The van der Waals surface area contributed by atoms with Crippen LogP contribution in [0.4, 0.5) is 11.5 Å². The first kappa shape index (κ1) is 15.2. The first-order chi connectivity index (χ1) is 11.6. The third-order valence-corrected chi connectivity index (χ3v) is 5.18. The number of aromatic nitrogens is 2. The van der Waals surface area contributed by atoms with Crippen molar-refractivity contribution in [2.75, 3.05) is 17.6 Å². The monoisotopic (exact) mass is 326 g/mol. The summed E-state index contributed by atoms with van der Waals surface area (Å²) < 4.78 is 1.32. The van der Waals surface area contributed by atoms with E-state index in [1.807, 2.05) is 25.1 Å². The standard InChI is InChI=1S/C18H22N4O2/c1-10-4-2-5-11-12(8-9-20-16(10)11)18(24)22-17(19)15-13(21-22)6-3-7-14(15)23/h2,4-5,12,14,20,23H,3,6-9,19H2,1H3/t12?,14-/m1/s1. The smallest absolute Gasteiger partial charge is 0.256 e. The van der Waals surface area contributed by atoms with Crippen LogP contribution in [0.1, 0.15) is 58.5 Å². The molecular formula is C18H22N4O2. The molecule has 0 radical (unpaired) electrons. The zero-order valence-electron chi connectivity index (χ0n) is 13.7. The normalized spacial score (nSPS) is 22.4. The Kier molecular flexibility index (Phi) is 3.57. The number of fused-ring (bicyclic) bond motifs is 2. The molecule has 1 aliphatic carbocycles. The molecule has 126 valence electrons. The molecule has 2 heterocycles. The number of aliphatic hydroxyl groups excluding tert-OH is 1. The number of aliphatic hydroxyl groups is 1. The Morgan fingerprint density at radius 1 is 1.42 bits per heavy atom. The highest BCUT2D eigenvalue weighted by Gasteiger charge is 2.33. The van der Waals surface area contributed by atoms with Crippen LogP contribution in [0.15, 0.2) is 18.2 Å². The summed E-state index contributed by atoms with van der Waals surface area (Å²) in [6.07, 6.45) is 2.40. The maximum atomic E-state index is 13.1. The molecule has 0 fully saturated rings. The number of nitrogens with one attached hydrogen (secondary N) is 1. The van der Waals surface area contributed by atoms with Crippen LogP contribution < -0.4 is 11.1 Å². The van der Waals surface area contributed by atoms with Gasteiger partial charge in [0.05, 0.1) is 17.7 Å². The fourth-order valence-electron chi connectivity index (χ4n) is 3.94. The maximum absolute atomic E-state index is 13.1. The number of anilines is 2. The van der Waals surface area contributed by atoms with Gasteiger partial charge >= 0.3 is 0 Å². The van der Waals surface area contributed by atoms with E-state index in [0.717, 1.165) is 41.9 Å². The van der Waals surface area contributed by atoms with Gasteiger partial charge in [0.2, 0.25) is 0 Å². The Morgan fingerprint density at radius 3 is 3.04 bits per heavy atom. The minimum Gasteiger partial charge on any atom is -0.388 e. The molecule has 1 aromatic carbocycles. The molecule has 1 aliphatic heterocycles. The number of carbonyl (C=O) groups excluding carboxylic acids is 1. The zero-order valence-corrected chi connectivity index (χ0v) is 13.7. The third-order valence-electron chi connectivity index (χ3n) is 5.18. The molecule has 0 spiro atoms. The van der Waals surface area contributed by atoms with Crippen molar-refractivity contribution < 1.29 is 9.90 Å². The average Bonchev–Trinajstić information content (AvgIpc) is 2.92. The van der Waals surface area contributed by atoms with Gasteiger partial charge in [0.25, 0.3) is 5.91 Å². The predicted molar refractivity (Wildman–Crippen MR) is 92.2 cm³/mol. The summed E-state index contributed by atoms with van der Waals surface area (Å²) >= 11 is 0. The van der Waals surface area contributed by atoms with Gasteiger partial charge in [-0.1, -0.05) is 18.2 Å². The van der Waals surface area contributed by atoms with Gasteiger partial charge in [0, 0.05) is 17.8 Å². The largest absolute Gasteiger partial charge is 0.388 e. The summed E-state index contributed by atoms with van der Waals surface area (Å²) in [6, 6.07) is 6.00. The fraction of sp³-hybridized carbons (Fsp3) is 0.444. The highest BCUT2D eigenvalue weighted by Crippen LogP contribution is 2.37. The van der Waals surface area contributed by atoms with Crippen LogP contribution in [-0.4, -0.2) is 27.3 Å². The molecule has 24 heavy (non-hydrogen) atoms. The number of para-hydroxylation sites is 1. The quantitative estimate of drug-likeness (QED) is 0.748. The van der Waals surface area contributed by atoms with Crippen molar-refractivity contribution in [1.29, 1.82) is 0 Å². The van der Waals surface area contributed by atoms with Gasteiger partial charge in [-0.2, -0.15) is 9.78 Å². The number of benzene rings is 1. The van der Waals surface area contributed by atoms with Crippen molar-refractivity contribution >= 4 is 17.4 Å². The number of nitrogen functional groups attached to an aromatic ring is 1. The van der Waals surface area contributed by atoms with Crippen LogP contribution in [0.2, 0.25) is 0 Å². The predicted octanol–water partition coefficient (Wildman–Crippen LogP) is 2.38. The van der Waals surface area contributed by atoms with Crippen LogP contribution in [0.3, 0.4) is 0 Å². The fourth-order valence-corrected chi connectivity index (χ4v) is 3.94. The lowest BCUT2D eigenvalue weighted by Gasteiger charge is -2.27. The molecule has 1 aromatic heterocycles. The highest BCUT2D eigenvalue weighted by atomic mass is 16.3. The number of nitrogens with two attached hydrogens (primary N) is 1. The second kappa shape index (κ2) is 5.63. The Morgan fingerprint density at radius 2 is 2.25 bits per heavy atom. The van der Waals surface area contributed by atoms with Crippen LogP contribution in [-0.2, 0) is 6.42 Å². The van der Waals surface area contributed by atoms with E-state index in [9.17, 15) is 9.90 Å². The lowest BCUT2D eigenvalue weighted by molar-refractivity contribution is 0.0859. The maximum Gasteiger partial charge on any atom is 0.256 e. The summed E-state index contributed by atoms with van der Waals surface area (Å²) in [6.45, 7) is 2.79. The van der Waals surface area contributed by atoms with Crippen molar-refractivity contribution in [2.45, 2.75) is 44.6 Å². The van der Waals surface area contributed by atoms with Crippen LogP contribution in [0.25, 0.3) is 0 Å². The van der Waals surface area contributed by atoms with E-state index in [1.54, 1.807) is 0 Å². The van der Waals surface area contributed by atoms with Gasteiger partial charge in [0.1, 0.15) is 5.82 Å². The van der Waals surface area contributed by atoms with Crippen molar-refractivity contribution in [1.82, 2.24) is 9.78 Å². The second-order valence-electron chi connectivity index (χ2n) is 6.71. The van der Waals surface area contributed by atoms with Gasteiger partial charge in [-0.15, -0.1) is 0 Å². The van der Waals surface area contributed by atoms with Crippen LogP contribution >= 0.6 is 0 Å². The van der Waals surface area contributed by atoms with Crippen molar-refractivity contribution in [3.63, 3.8) is 0 Å². The lowest BCUT2D eigenvalue weighted by atomic mass is 9.88. The zero-order chi connectivity index (χ0) is 16.8.